The zero-order chi connectivity index (χ0) is 17.3. The first-order chi connectivity index (χ1) is 12.2. The third-order valence-electron chi connectivity index (χ3n) is 6.04. The lowest BCUT2D eigenvalue weighted by Crippen LogP contribution is -2.50. The van der Waals surface area contributed by atoms with Gasteiger partial charge in [0.15, 0.2) is 5.96 Å². The predicted octanol–water partition coefficient (Wildman–Crippen LogP) is 3.78. The van der Waals surface area contributed by atoms with Crippen molar-refractivity contribution in [1.29, 1.82) is 0 Å². The summed E-state index contributed by atoms with van der Waals surface area (Å²) >= 11 is 6.18. The van der Waals surface area contributed by atoms with Gasteiger partial charge in [-0.25, -0.2) is 0 Å². The molecule has 2 saturated carbocycles. The zero-order valence-corrected chi connectivity index (χ0v) is 18.6. The Morgan fingerprint density at radius 1 is 1.23 bits per heavy atom. The fourth-order valence-electron chi connectivity index (χ4n) is 4.03. The highest BCUT2D eigenvalue weighted by Crippen LogP contribution is 2.48. The van der Waals surface area contributed by atoms with Crippen molar-refractivity contribution in [2.45, 2.75) is 56.0 Å². The molecule has 3 fully saturated rings. The van der Waals surface area contributed by atoms with E-state index in [4.69, 9.17) is 11.6 Å². The standard InChI is InChI=1S/C20H29ClN4.HI/c1-22-19(24-17-7-11-25(12-8-17)18-5-6-18)23-14-20(9-10-20)15-3-2-4-16(21)13-15;/h2-4,13,17-18H,5-12,14H2,1H3,(H2,22,23,24);1H. The molecule has 4 rings (SSSR count). The summed E-state index contributed by atoms with van der Waals surface area (Å²) in [5.74, 6) is 0.943. The molecule has 2 aliphatic carbocycles. The summed E-state index contributed by atoms with van der Waals surface area (Å²) in [6.45, 7) is 3.38. The fraction of sp³-hybridized carbons (Fsp3) is 0.650. The smallest absolute Gasteiger partial charge is 0.191 e. The van der Waals surface area contributed by atoms with Gasteiger partial charge in [-0.2, -0.15) is 0 Å². The zero-order valence-electron chi connectivity index (χ0n) is 15.5. The lowest BCUT2D eigenvalue weighted by Gasteiger charge is -2.33. The van der Waals surface area contributed by atoms with Crippen molar-refractivity contribution in [3.63, 3.8) is 0 Å². The Kier molecular flexibility index (Phi) is 6.73. The maximum absolute atomic E-state index is 6.18. The van der Waals surface area contributed by atoms with Gasteiger partial charge in [-0.1, -0.05) is 23.7 Å². The van der Waals surface area contributed by atoms with Crippen molar-refractivity contribution in [1.82, 2.24) is 15.5 Å². The second kappa shape index (κ2) is 8.65. The van der Waals surface area contributed by atoms with Crippen LogP contribution in [0.5, 0.6) is 0 Å². The van der Waals surface area contributed by atoms with Crippen LogP contribution in [0.2, 0.25) is 5.02 Å². The van der Waals surface area contributed by atoms with E-state index in [1.807, 2.05) is 13.1 Å². The average molecular weight is 489 g/mol. The van der Waals surface area contributed by atoms with Gasteiger partial charge in [-0.15, -0.1) is 24.0 Å². The molecule has 1 saturated heterocycles. The molecule has 0 atom stereocenters. The Morgan fingerprint density at radius 3 is 2.54 bits per heavy atom. The number of nitrogens with zero attached hydrogens (tertiary/aromatic N) is 2. The van der Waals surface area contributed by atoms with Gasteiger partial charge in [0.1, 0.15) is 0 Å². The molecule has 1 heterocycles. The van der Waals surface area contributed by atoms with E-state index >= 15 is 0 Å². The molecule has 0 spiro atoms. The Balaban J connectivity index is 0.00000196. The number of nitrogens with one attached hydrogen (secondary N) is 2. The van der Waals surface area contributed by atoms with Crippen molar-refractivity contribution in [3.8, 4) is 0 Å². The molecule has 3 aliphatic rings. The van der Waals surface area contributed by atoms with Crippen molar-refractivity contribution in [3.05, 3.63) is 34.9 Å². The van der Waals surface area contributed by atoms with Crippen LogP contribution in [0.1, 0.15) is 44.1 Å². The second-order valence-corrected chi connectivity index (χ2v) is 8.34. The third kappa shape index (κ3) is 4.84. The van der Waals surface area contributed by atoms with Gasteiger partial charge >= 0.3 is 0 Å². The summed E-state index contributed by atoms with van der Waals surface area (Å²) in [5.41, 5.74) is 1.58. The number of guanidine groups is 1. The summed E-state index contributed by atoms with van der Waals surface area (Å²) in [5, 5.41) is 8.03. The summed E-state index contributed by atoms with van der Waals surface area (Å²) in [6, 6.07) is 9.75. The topological polar surface area (TPSA) is 39.7 Å². The molecule has 0 aromatic heterocycles. The molecule has 0 unspecified atom stereocenters. The minimum absolute atomic E-state index is 0. The van der Waals surface area contributed by atoms with Gasteiger partial charge in [0, 0.05) is 49.2 Å². The van der Waals surface area contributed by atoms with Crippen LogP contribution in [0.15, 0.2) is 29.3 Å². The molecule has 26 heavy (non-hydrogen) atoms. The molecule has 6 heteroatoms. The van der Waals surface area contributed by atoms with E-state index in [9.17, 15) is 0 Å². The Labute approximate surface area is 179 Å². The molecule has 4 nitrogen and oxygen atoms in total. The summed E-state index contributed by atoms with van der Waals surface area (Å²) in [4.78, 5) is 7.10. The van der Waals surface area contributed by atoms with Crippen LogP contribution in [0, 0.1) is 0 Å². The van der Waals surface area contributed by atoms with Crippen LogP contribution in [0.4, 0.5) is 0 Å². The van der Waals surface area contributed by atoms with Crippen LogP contribution >= 0.6 is 35.6 Å². The third-order valence-corrected chi connectivity index (χ3v) is 6.28. The molecule has 2 N–H and O–H groups in total. The summed E-state index contributed by atoms with van der Waals surface area (Å²) in [7, 11) is 1.87. The van der Waals surface area contributed by atoms with Crippen LogP contribution in [0.25, 0.3) is 0 Å². The van der Waals surface area contributed by atoms with Gasteiger partial charge in [-0.3, -0.25) is 4.99 Å². The largest absolute Gasteiger partial charge is 0.356 e. The van der Waals surface area contributed by atoms with Gasteiger partial charge in [0.2, 0.25) is 0 Å². The van der Waals surface area contributed by atoms with Crippen LogP contribution in [0.3, 0.4) is 0 Å². The van der Waals surface area contributed by atoms with E-state index in [0.29, 0.717) is 6.04 Å². The Bertz CT molecular complexity index is 634. The number of likely N-dealkylation sites (tertiary alicyclic amines) is 1. The first-order valence-corrected chi connectivity index (χ1v) is 10.0. The van der Waals surface area contributed by atoms with Crippen LogP contribution in [-0.2, 0) is 5.41 Å². The maximum atomic E-state index is 6.18. The molecule has 144 valence electrons. The van der Waals surface area contributed by atoms with Gasteiger partial charge in [-0.05, 0) is 56.2 Å². The number of halogens is 2. The summed E-state index contributed by atoms with van der Waals surface area (Å²) in [6.07, 6.45) is 7.70. The Morgan fingerprint density at radius 2 is 1.96 bits per heavy atom. The fourth-order valence-corrected chi connectivity index (χ4v) is 4.22. The van der Waals surface area contributed by atoms with E-state index in [0.717, 1.165) is 23.6 Å². The SMILES string of the molecule is CN=C(NCC1(c2cccc(Cl)c2)CC1)NC1CCN(C2CC2)CC1.I. The van der Waals surface area contributed by atoms with Crippen LogP contribution < -0.4 is 10.6 Å². The van der Waals surface area contributed by atoms with Crippen LogP contribution in [-0.4, -0.2) is 49.6 Å². The monoisotopic (exact) mass is 488 g/mol. The van der Waals surface area contributed by atoms with E-state index in [1.54, 1.807) is 0 Å². The van der Waals surface area contributed by atoms with Crippen molar-refractivity contribution in [2.24, 2.45) is 4.99 Å². The quantitative estimate of drug-likeness (QED) is 0.376. The maximum Gasteiger partial charge on any atom is 0.191 e. The number of hydrogen-bond donors (Lipinski definition) is 2. The number of aliphatic imine (C=N–C) groups is 1. The highest BCUT2D eigenvalue weighted by Gasteiger charge is 2.44. The van der Waals surface area contributed by atoms with Gasteiger partial charge < -0.3 is 15.5 Å². The van der Waals surface area contributed by atoms with Crippen molar-refractivity contribution >= 4 is 41.5 Å². The molecular weight excluding hydrogens is 459 g/mol. The molecule has 1 aromatic carbocycles. The van der Waals surface area contributed by atoms with Gasteiger partial charge in [0.05, 0.1) is 0 Å². The lowest BCUT2D eigenvalue weighted by molar-refractivity contribution is 0.197. The Hall–Kier alpha value is -0.530. The highest BCUT2D eigenvalue weighted by atomic mass is 127. The minimum atomic E-state index is 0. The molecule has 1 aromatic rings. The molecule has 0 amide bonds. The van der Waals surface area contributed by atoms with E-state index < -0.39 is 0 Å². The number of rotatable bonds is 5. The molecule has 0 radical (unpaired) electrons. The molecule has 1 aliphatic heterocycles. The van der Waals surface area contributed by atoms with E-state index in [1.165, 1.54) is 57.2 Å². The second-order valence-electron chi connectivity index (χ2n) is 7.90. The lowest BCUT2D eigenvalue weighted by atomic mass is 9.96. The molecular formula is C20H30ClIN4. The normalized spacial score (nSPS) is 23.2. The minimum Gasteiger partial charge on any atom is -0.356 e. The number of piperidine rings is 1. The highest BCUT2D eigenvalue weighted by molar-refractivity contribution is 14.0. The predicted molar refractivity (Wildman–Crippen MR) is 120 cm³/mol. The first kappa shape index (κ1) is 20.2. The van der Waals surface area contributed by atoms with Crippen molar-refractivity contribution in [2.75, 3.05) is 26.7 Å². The molecule has 0 bridgehead atoms. The number of hydrogen-bond acceptors (Lipinski definition) is 2. The van der Waals surface area contributed by atoms with Gasteiger partial charge in [0.25, 0.3) is 0 Å². The van der Waals surface area contributed by atoms with E-state index in [2.05, 4.69) is 38.7 Å². The average Bonchev–Trinajstić information content (AvgIpc) is 3.54. The van der Waals surface area contributed by atoms with E-state index in [-0.39, 0.29) is 29.4 Å². The van der Waals surface area contributed by atoms with Crippen molar-refractivity contribution < 1.29 is 0 Å². The summed E-state index contributed by atoms with van der Waals surface area (Å²) < 4.78 is 0. The number of benzene rings is 1. The first-order valence-electron chi connectivity index (χ1n) is 9.66.